The Morgan fingerprint density at radius 2 is 1.47 bits per heavy atom. The minimum atomic E-state index is -1.93. The fourth-order valence-electron chi connectivity index (χ4n) is 5.74. The van der Waals surface area contributed by atoms with Crippen LogP contribution in [0.4, 0.5) is 4.79 Å². The normalized spacial score (nSPS) is 23.6. The summed E-state index contributed by atoms with van der Waals surface area (Å²) in [4.78, 5) is 25.4. The molecule has 0 bridgehead atoms. The number of nitrogens with one attached hydrogen (secondary N) is 1. The fourth-order valence-corrected chi connectivity index (χ4v) is 7.48. The zero-order valence-electron chi connectivity index (χ0n) is 27.8. The van der Waals surface area contributed by atoms with Crippen molar-refractivity contribution in [3.63, 3.8) is 0 Å². The molecule has 0 saturated carbocycles. The third-order valence-corrected chi connectivity index (χ3v) is 12.7. The van der Waals surface area contributed by atoms with Crippen molar-refractivity contribution in [1.82, 2.24) is 5.32 Å². The van der Waals surface area contributed by atoms with Gasteiger partial charge in [-0.3, -0.25) is 0 Å². The third kappa shape index (κ3) is 8.16. The number of hydrogen-bond acceptors (Lipinski definition) is 6. The number of carbonyl (C=O) groups excluding carboxylic acids is 1. The summed E-state index contributed by atoms with van der Waals surface area (Å²) in [5, 5.41) is 12.9. The Labute approximate surface area is 269 Å². The Hall–Kier alpha value is -3.18. The molecule has 2 aromatic rings. The lowest BCUT2D eigenvalue weighted by Crippen LogP contribution is -2.54. The molecule has 10 heteroatoms. The van der Waals surface area contributed by atoms with Crippen molar-refractivity contribution in [2.45, 2.75) is 102 Å². The van der Waals surface area contributed by atoms with Gasteiger partial charge in [0.2, 0.25) is 0 Å². The molecule has 8 nitrogen and oxygen atoms in total. The van der Waals surface area contributed by atoms with Crippen LogP contribution in [0.5, 0.6) is 0 Å². The Balaban J connectivity index is 1.68. The number of carboxylic acids is 1. The monoisotopic (exact) mass is 633 g/mol. The van der Waals surface area contributed by atoms with Crippen molar-refractivity contribution in [2.24, 2.45) is 5.92 Å². The maximum absolute atomic E-state index is 12.8. The van der Waals surface area contributed by atoms with E-state index in [1.54, 1.807) is 0 Å². The number of carbonyl (C=O) groups is 2. The summed E-state index contributed by atoms with van der Waals surface area (Å²) in [6, 6.07) is 18.0. The van der Waals surface area contributed by atoms with Crippen LogP contribution in [0, 0.1) is 5.92 Å². The summed E-state index contributed by atoms with van der Waals surface area (Å²) in [7, 11) is -2.54. The quantitative estimate of drug-likeness (QED) is 0.239. The highest BCUT2D eigenvalue weighted by atomic mass is 28.3. The van der Waals surface area contributed by atoms with E-state index in [4.69, 9.17) is 18.8 Å². The number of rotatable bonds is 12. The zero-order chi connectivity index (χ0) is 33.0. The SMILES string of the molecule is CC(C1(OCc2ccccc2)C=C(B2OC(C)(C)C(C)(C)O2)C=CC1C[C@H](NC(=O)OCc1ccccc1)C(=O)O)[Si](C)(C)C. The average Bonchev–Trinajstić information content (AvgIpc) is 3.21. The number of carboxylic acid groups (broad SMARTS) is 1. The number of amides is 1. The van der Waals surface area contributed by atoms with Gasteiger partial charge in [-0.1, -0.05) is 105 Å². The molecule has 3 unspecified atom stereocenters. The first-order chi connectivity index (χ1) is 21.0. The predicted octanol–water partition coefficient (Wildman–Crippen LogP) is 7.18. The molecule has 1 aliphatic heterocycles. The van der Waals surface area contributed by atoms with Gasteiger partial charge in [-0.25, -0.2) is 9.59 Å². The second-order valence-electron chi connectivity index (χ2n) is 14.2. The molecule has 45 heavy (non-hydrogen) atoms. The molecule has 0 aromatic heterocycles. The number of hydrogen-bond donors (Lipinski definition) is 2. The Bertz CT molecular complexity index is 1370. The van der Waals surface area contributed by atoms with Crippen LogP contribution in [0.3, 0.4) is 0 Å². The highest BCUT2D eigenvalue weighted by molar-refractivity contribution is 6.77. The van der Waals surface area contributed by atoms with Crippen molar-refractivity contribution < 1.29 is 33.5 Å². The van der Waals surface area contributed by atoms with Crippen molar-refractivity contribution >= 4 is 27.3 Å². The number of benzene rings is 2. The van der Waals surface area contributed by atoms with Gasteiger partial charge in [0.1, 0.15) is 12.6 Å². The zero-order valence-corrected chi connectivity index (χ0v) is 28.8. The van der Waals surface area contributed by atoms with E-state index in [1.165, 1.54) is 0 Å². The van der Waals surface area contributed by atoms with Gasteiger partial charge in [-0.2, -0.15) is 0 Å². The molecule has 1 aliphatic carbocycles. The molecule has 2 aromatic carbocycles. The van der Waals surface area contributed by atoms with E-state index >= 15 is 0 Å². The summed E-state index contributed by atoms with van der Waals surface area (Å²) in [6.45, 7) is 17.5. The summed E-state index contributed by atoms with van der Waals surface area (Å²) >= 11 is 0. The van der Waals surface area contributed by atoms with Crippen LogP contribution in [0.1, 0.15) is 52.2 Å². The minimum Gasteiger partial charge on any atom is -0.480 e. The van der Waals surface area contributed by atoms with E-state index in [2.05, 4.69) is 38.0 Å². The first-order valence-corrected chi connectivity index (χ1v) is 19.3. The van der Waals surface area contributed by atoms with Crippen LogP contribution in [-0.4, -0.2) is 55.2 Å². The molecule has 0 radical (unpaired) electrons. The second-order valence-corrected chi connectivity index (χ2v) is 19.8. The average molecular weight is 634 g/mol. The highest BCUT2D eigenvalue weighted by Gasteiger charge is 2.55. The molecular weight excluding hydrogens is 585 g/mol. The standard InChI is InChI=1S/C35H48BNO7Si/c1-25(45(6,7)8)35(42-24-27-17-13-10-14-18-27)22-29(36-43-33(2,3)34(4,5)44-36)20-19-28(35)21-30(31(38)39)37-32(40)41-23-26-15-11-9-12-16-26/h9-20,22,25,28,30H,21,23-24H2,1-8H3,(H,37,40)(H,38,39)/t25?,28?,30-,35?/m0/s1. The van der Waals surface area contributed by atoms with E-state index in [0.29, 0.717) is 6.61 Å². The van der Waals surface area contributed by atoms with Crippen LogP contribution in [0.25, 0.3) is 0 Å². The molecule has 0 spiro atoms. The van der Waals surface area contributed by atoms with E-state index in [0.717, 1.165) is 16.6 Å². The van der Waals surface area contributed by atoms with Crippen LogP contribution >= 0.6 is 0 Å². The largest absolute Gasteiger partial charge is 0.494 e. The molecule has 242 valence electrons. The molecule has 1 heterocycles. The summed E-state index contributed by atoms with van der Waals surface area (Å²) < 4.78 is 25.3. The van der Waals surface area contributed by atoms with Crippen molar-refractivity contribution in [3.8, 4) is 0 Å². The van der Waals surface area contributed by atoms with Crippen LogP contribution < -0.4 is 5.32 Å². The second kappa shape index (κ2) is 13.7. The van der Waals surface area contributed by atoms with Gasteiger partial charge in [0.25, 0.3) is 0 Å². The van der Waals surface area contributed by atoms with E-state index in [1.807, 2.05) is 101 Å². The van der Waals surface area contributed by atoms with Gasteiger partial charge in [0.15, 0.2) is 0 Å². The molecular formula is C35H48BNO7Si. The van der Waals surface area contributed by atoms with Gasteiger partial charge in [0.05, 0.1) is 31.5 Å². The number of alkyl carbamates (subject to hydrolysis) is 1. The third-order valence-electron chi connectivity index (χ3n) is 9.62. The van der Waals surface area contributed by atoms with Gasteiger partial charge in [0, 0.05) is 5.92 Å². The van der Waals surface area contributed by atoms with Gasteiger partial charge >= 0.3 is 19.2 Å². The van der Waals surface area contributed by atoms with Crippen molar-refractivity contribution in [3.05, 3.63) is 95.5 Å². The van der Waals surface area contributed by atoms with Gasteiger partial charge < -0.3 is 29.2 Å². The maximum atomic E-state index is 12.8. The lowest BCUT2D eigenvalue weighted by molar-refractivity contribution is -0.140. The topological polar surface area (TPSA) is 103 Å². The predicted molar refractivity (Wildman–Crippen MR) is 179 cm³/mol. The number of allylic oxidation sites excluding steroid dienone is 2. The minimum absolute atomic E-state index is 0.0410. The lowest BCUT2D eigenvalue weighted by Gasteiger charge is -2.49. The number of aliphatic carboxylic acids is 1. The van der Waals surface area contributed by atoms with Gasteiger partial charge in [-0.15, -0.1) is 0 Å². The van der Waals surface area contributed by atoms with Crippen LogP contribution in [-0.2, 0) is 36.8 Å². The molecule has 1 fully saturated rings. The van der Waals surface area contributed by atoms with Crippen LogP contribution in [0.2, 0.25) is 25.2 Å². The lowest BCUT2D eigenvalue weighted by atomic mass is 9.67. The van der Waals surface area contributed by atoms with Crippen molar-refractivity contribution in [1.29, 1.82) is 0 Å². The first kappa shape index (κ1) is 34.7. The molecule has 1 amide bonds. The maximum Gasteiger partial charge on any atom is 0.494 e. The van der Waals surface area contributed by atoms with Gasteiger partial charge in [-0.05, 0) is 56.3 Å². The fraction of sp³-hybridized carbons (Fsp3) is 0.486. The first-order valence-electron chi connectivity index (χ1n) is 15.7. The van der Waals surface area contributed by atoms with Crippen molar-refractivity contribution in [2.75, 3.05) is 0 Å². The molecule has 4 atom stereocenters. The Morgan fingerprint density at radius 3 is 1.98 bits per heavy atom. The van der Waals surface area contributed by atoms with E-state index in [-0.39, 0.29) is 24.5 Å². The Morgan fingerprint density at radius 1 is 0.933 bits per heavy atom. The Kier molecular flexibility index (Phi) is 10.5. The van der Waals surface area contributed by atoms with E-state index in [9.17, 15) is 14.7 Å². The molecule has 2 aliphatic rings. The summed E-state index contributed by atoms with van der Waals surface area (Å²) in [6.07, 6.45) is 5.39. The summed E-state index contributed by atoms with van der Waals surface area (Å²) in [5.74, 6) is -1.52. The molecule has 1 saturated heterocycles. The highest BCUT2D eigenvalue weighted by Crippen LogP contribution is 2.49. The van der Waals surface area contributed by atoms with Crippen LogP contribution in [0.15, 0.2) is 84.4 Å². The molecule has 4 rings (SSSR count). The molecule has 2 N–H and O–H groups in total. The smallest absolute Gasteiger partial charge is 0.480 e. The van der Waals surface area contributed by atoms with E-state index < -0.39 is 50.1 Å². The number of ether oxygens (including phenoxy) is 2. The summed E-state index contributed by atoms with van der Waals surface area (Å²) in [5.41, 5.74) is 0.741.